The normalized spacial score (nSPS) is 12.3. The summed E-state index contributed by atoms with van der Waals surface area (Å²) < 4.78 is 0. The first-order valence-electron chi connectivity index (χ1n) is 5.07. The Hall–Kier alpha value is 0.0499. The molecule has 72 valence electrons. The van der Waals surface area contributed by atoms with Gasteiger partial charge in [0, 0.05) is 5.52 Å². The molecule has 0 saturated carbocycles. The molecule has 0 bridgehead atoms. The second-order valence-corrected chi connectivity index (χ2v) is 3.48. The van der Waals surface area contributed by atoms with Crippen LogP contribution in [0.4, 0.5) is 0 Å². The van der Waals surface area contributed by atoms with E-state index >= 15 is 0 Å². The lowest BCUT2D eigenvalue weighted by molar-refractivity contribution is 0.0298. The summed E-state index contributed by atoms with van der Waals surface area (Å²) in [4.78, 5) is 1.71. The maximum Gasteiger partial charge on any atom is 0.120 e. The van der Waals surface area contributed by atoms with Gasteiger partial charge in [0.25, 0.3) is 0 Å². The topological polar surface area (TPSA) is 23.5 Å². The summed E-state index contributed by atoms with van der Waals surface area (Å²) in [5.74, 6) is 0. The van der Waals surface area contributed by atoms with Gasteiger partial charge in [0.2, 0.25) is 0 Å². The van der Waals surface area contributed by atoms with Crippen LogP contribution >= 0.6 is 0 Å². The zero-order chi connectivity index (χ0) is 10.3. The fourth-order valence-electron chi connectivity index (χ4n) is 1.29. The Labute approximate surface area is 84.5 Å². The van der Waals surface area contributed by atoms with Crippen molar-refractivity contribution < 1.29 is 5.11 Å². The average molecular weight is 179 g/mol. The van der Waals surface area contributed by atoms with E-state index in [-0.39, 0.29) is 0 Å². The van der Waals surface area contributed by atoms with Gasteiger partial charge in [-0.2, -0.15) is 0 Å². The molecule has 0 heterocycles. The summed E-state index contributed by atoms with van der Waals surface area (Å²) in [5, 5.41) is 9.39. The second-order valence-electron chi connectivity index (χ2n) is 3.48. The fraction of sp³-hybridized carbons (Fsp3) is 1.00. The molecule has 0 saturated heterocycles. The predicted molar refractivity (Wildman–Crippen MR) is 57.8 cm³/mol. The van der Waals surface area contributed by atoms with Crippen LogP contribution in [0.2, 0.25) is 0 Å². The third-order valence-corrected chi connectivity index (χ3v) is 2.03. The van der Waals surface area contributed by atoms with Crippen LogP contribution in [0.3, 0.4) is 0 Å². The molecule has 0 aromatic carbocycles. The molecule has 0 aromatic heterocycles. The number of rotatable bonds is 7. The lowest BCUT2D eigenvalue weighted by Crippen LogP contribution is -2.50. The van der Waals surface area contributed by atoms with Crippen molar-refractivity contribution in [3.05, 3.63) is 0 Å². The molecule has 0 atom stereocenters. The minimum atomic E-state index is -1.65. The second kappa shape index (κ2) is 6.50. The molecule has 0 aliphatic rings. The molecule has 0 unspecified atom stereocenters. The van der Waals surface area contributed by atoms with Crippen molar-refractivity contribution in [1.82, 2.24) is 4.90 Å². The van der Waals surface area contributed by atoms with Crippen LogP contribution in [0, 0.1) is 0 Å². The average Bonchev–Trinajstić information content (AvgIpc) is 2.01. The van der Waals surface area contributed by atoms with Crippen LogP contribution < -0.4 is 0 Å². The largest absolute Gasteiger partial charge is 0.395 e. The highest BCUT2D eigenvalue weighted by Crippen LogP contribution is 2.07. The fourth-order valence-corrected chi connectivity index (χ4v) is 1.29. The first-order chi connectivity index (χ1) is 6.02. The van der Waals surface area contributed by atoms with Gasteiger partial charge < -0.3 is 5.11 Å². The lowest BCUT2D eigenvalue weighted by Gasteiger charge is -2.35. The molecule has 4 heteroatoms. The minimum absolute atomic E-state index is 0.743. The number of hydrogen-bond donors (Lipinski definition) is 1. The Balaban J connectivity index is 3.81. The van der Waals surface area contributed by atoms with Gasteiger partial charge in [0.15, 0.2) is 0 Å². The van der Waals surface area contributed by atoms with Crippen LogP contribution in [0.25, 0.3) is 0 Å². The van der Waals surface area contributed by atoms with E-state index in [2.05, 4.69) is 6.92 Å². The van der Waals surface area contributed by atoms with Gasteiger partial charge in [0.05, 0.1) is 0 Å². The maximum absolute atomic E-state index is 9.39. The van der Waals surface area contributed by atoms with E-state index in [1.54, 1.807) is 4.90 Å². The molecule has 4 radical (unpaired) electrons. The summed E-state index contributed by atoms with van der Waals surface area (Å²) >= 11 is 0. The molecule has 1 N–H and O–H groups in total. The number of hydrogen-bond acceptors (Lipinski definition) is 2. The summed E-state index contributed by atoms with van der Waals surface area (Å²) in [6.07, 6.45) is 4.29. The summed E-state index contributed by atoms with van der Waals surface area (Å²) in [5.41, 5.74) is -1.65. The highest BCUT2D eigenvalue weighted by molar-refractivity contribution is 6.38. The van der Waals surface area contributed by atoms with Crippen molar-refractivity contribution in [2.75, 3.05) is 13.1 Å². The van der Waals surface area contributed by atoms with E-state index < -0.39 is 5.52 Å². The van der Waals surface area contributed by atoms with E-state index in [4.69, 9.17) is 15.7 Å². The van der Waals surface area contributed by atoms with Crippen LogP contribution in [0.15, 0.2) is 0 Å². The molecule has 0 spiro atoms. The summed E-state index contributed by atoms with van der Waals surface area (Å²) in [6.45, 7) is 5.69. The van der Waals surface area contributed by atoms with Gasteiger partial charge in [-0.3, -0.25) is 4.90 Å². The molecule has 0 aliphatic carbocycles. The Bertz CT molecular complexity index is 125. The SMILES string of the molecule is [B]C([B])(O)N(CCC)CCCCC. The number of unbranched alkanes of at least 4 members (excludes halogenated alkanes) is 2. The number of aliphatic hydroxyl groups is 1. The van der Waals surface area contributed by atoms with Gasteiger partial charge >= 0.3 is 0 Å². The zero-order valence-corrected chi connectivity index (χ0v) is 8.79. The van der Waals surface area contributed by atoms with Crippen molar-refractivity contribution >= 4 is 15.7 Å². The van der Waals surface area contributed by atoms with Crippen LogP contribution in [-0.2, 0) is 0 Å². The van der Waals surface area contributed by atoms with Gasteiger partial charge in [-0.25, -0.2) is 0 Å². The summed E-state index contributed by atoms with van der Waals surface area (Å²) in [7, 11) is 10.8. The zero-order valence-electron chi connectivity index (χ0n) is 8.79. The first-order valence-corrected chi connectivity index (χ1v) is 5.07. The number of nitrogens with zero attached hydrogens (tertiary/aromatic N) is 1. The van der Waals surface area contributed by atoms with Crippen molar-refractivity contribution in [2.24, 2.45) is 0 Å². The molecule has 0 aromatic rings. The predicted octanol–water partition coefficient (Wildman–Crippen LogP) is 0.829. The third kappa shape index (κ3) is 6.17. The van der Waals surface area contributed by atoms with Crippen molar-refractivity contribution in [3.63, 3.8) is 0 Å². The van der Waals surface area contributed by atoms with E-state index in [0.29, 0.717) is 0 Å². The maximum atomic E-state index is 9.39. The molecule has 0 amide bonds. The van der Waals surface area contributed by atoms with Crippen LogP contribution in [0.5, 0.6) is 0 Å². The molecular weight excluding hydrogens is 160 g/mol. The van der Waals surface area contributed by atoms with E-state index in [1.807, 2.05) is 6.92 Å². The van der Waals surface area contributed by atoms with Crippen LogP contribution in [-0.4, -0.2) is 44.3 Å². The monoisotopic (exact) mass is 179 g/mol. The van der Waals surface area contributed by atoms with Gasteiger partial charge in [-0.15, -0.1) is 0 Å². The quantitative estimate of drug-likeness (QED) is 0.355. The van der Waals surface area contributed by atoms with E-state index in [9.17, 15) is 5.11 Å². The van der Waals surface area contributed by atoms with Crippen LogP contribution in [0.1, 0.15) is 39.5 Å². The van der Waals surface area contributed by atoms with E-state index in [1.165, 1.54) is 0 Å². The molecule has 0 aliphatic heterocycles. The van der Waals surface area contributed by atoms with Crippen molar-refractivity contribution in [2.45, 2.75) is 45.1 Å². The van der Waals surface area contributed by atoms with Gasteiger partial charge in [-0.1, -0.05) is 26.7 Å². The standard InChI is InChI=1S/C9H19B2NO/c1-3-5-6-8-12(7-4-2)9(10,11)13/h13H,3-8H2,1-2H3. The first kappa shape index (κ1) is 13.0. The Morgan fingerprint density at radius 2 is 1.69 bits per heavy atom. The Morgan fingerprint density at radius 1 is 1.08 bits per heavy atom. The molecular formula is C9H19B2NO. The Morgan fingerprint density at radius 3 is 2.08 bits per heavy atom. The molecule has 13 heavy (non-hydrogen) atoms. The highest BCUT2D eigenvalue weighted by atomic mass is 16.3. The van der Waals surface area contributed by atoms with Gasteiger partial charge in [0.1, 0.15) is 15.7 Å². The third-order valence-electron chi connectivity index (χ3n) is 2.03. The van der Waals surface area contributed by atoms with Gasteiger partial charge in [-0.05, 0) is 25.9 Å². The molecule has 2 nitrogen and oxygen atoms in total. The Kier molecular flexibility index (Phi) is 6.52. The van der Waals surface area contributed by atoms with E-state index in [0.717, 1.165) is 38.8 Å². The highest BCUT2D eigenvalue weighted by Gasteiger charge is 2.20. The lowest BCUT2D eigenvalue weighted by atomic mass is 9.71. The smallest absolute Gasteiger partial charge is 0.120 e. The molecule has 0 fully saturated rings. The minimum Gasteiger partial charge on any atom is -0.395 e. The molecule has 0 rings (SSSR count). The summed E-state index contributed by atoms with van der Waals surface area (Å²) in [6, 6.07) is 0. The van der Waals surface area contributed by atoms with Crippen molar-refractivity contribution in [1.29, 1.82) is 0 Å². The van der Waals surface area contributed by atoms with Crippen molar-refractivity contribution in [3.8, 4) is 0 Å².